The minimum atomic E-state index is -0.429. The number of aromatic nitrogens is 3. The minimum absolute atomic E-state index is 0.143. The van der Waals surface area contributed by atoms with Crippen molar-refractivity contribution in [2.75, 3.05) is 11.1 Å². The summed E-state index contributed by atoms with van der Waals surface area (Å²) < 4.78 is 1.83. The van der Waals surface area contributed by atoms with Crippen LogP contribution in [0.1, 0.15) is 34.7 Å². The normalized spacial score (nSPS) is 11.6. The molecule has 0 saturated carbocycles. The minimum Gasteiger partial charge on any atom is -0.342 e. The lowest BCUT2D eigenvalue weighted by atomic mass is 10.2. The molecule has 2 aromatic carbocycles. The van der Waals surface area contributed by atoms with E-state index in [-0.39, 0.29) is 17.6 Å². The molecule has 166 valence electrons. The third-order valence-corrected chi connectivity index (χ3v) is 5.84. The zero-order chi connectivity index (χ0) is 23.1. The first-order valence-electron chi connectivity index (χ1n) is 9.97. The molecule has 32 heavy (non-hydrogen) atoms. The highest BCUT2D eigenvalue weighted by molar-refractivity contribution is 7.99. The SMILES string of the molecule is C=CCn1c(SCC(=O)Nc2cccc(C)c2)nnc1[C@H](C)NC(=O)c1ccccc1Cl. The number of halogens is 1. The maximum absolute atomic E-state index is 12.6. The number of thioether (sulfide) groups is 1. The average Bonchev–Trinajstić information content (AvgIpc) is 3.15. The number of nitrogens with zero attached hydrogens (tertiary/aromatic N) is 3. The predicted octanol–water partition coefficient (Wildman–Crippen LogP) is 4.65. The van der Waals surface area contributed by atoms with E-state index >= 15 is 0 Å². The van der Waals surface area contributed by atoms with Gasteiger partial charge in [0, 0.05) is 12.2 Å². The standard InChI is InChI=1S/C23H24ClN5O2S/c1-4-12-29-21(16(3)25-22(31)18-10-5-6-11-19(18)24)27-28-23(29)32-14-20(30)26-17-9-7-8-15(2)13-17/h4-11,13,16H,1,12,14H2,2-3H3,(H,25,31)(H,26,30)/t16-/m0/s1. The van der Waals surface area contributed by atoms with Crippen LogP contribution in [-0.2, 0) is 11.3 Å². The first-order valence-corrected chi connectivity index (χ1v) is 11.3. The Labute approximate surface area is 196 Å². The summed E-state index contributed by atoms with van der Waals surface area (Å²) in [6.07, 6.45) is 1.71. The largest absolute Gasteiger partial charge is 0.342 e. The maximum Gasteiger partial charge on any atom is 0.253 e. The van der Waals surface area contributed by atoms with Crippen LogP contribution in [-0.4, -0.2) is 32.3 Å². The molecule has 3 aromatic rings. The van der Waals surface area contributed by atoms with Crippen LogP contribution >= 0.6 is 23.4 Å². The van der Waals surface area contributed by atoms with E-state index in [4.69, 9.17) is 11.6 Å². The number of amides is 2. The second-order valence-corrected chi connectivity index (χ2v) is 8.47. The third kappa shape index (κ3) is 5.99. The maximum atomic E-state index is 12.6. The zero-order valence-electron chi connectivity index (χ0n) is 17.8. The number of carbonyl (C=O) groups is 2. The number of benzene rings is 2. The first kappa shape index (κ1) is 23.6. The molecule has 9 heteroatoms. The molecular formula is C23H24ClN5O2S. The summed E-state index contributed by atoms with van der Waals surface area (Å²) in [6.45, 7) is 8.01. The molecule has 0 saturated heterocycles. The van der Waals surface area contributed by atoms with Gasteiger partial charge < -0.3 is 15.2 Å². The smallest absolute Gasteiger partial charge is 0.253 e. The number of anilines is 1. The Kier molecular flexibility index (Phi) is 8.08. The van der Waals surface area contributed by atoms with E-state index in [0.29, 0.717) is 28.1 Å². The van der Waals surface area contributed by atoms with E-state index in [2.05, 4.69) is 27.4 Å². The summed E-state index contributed by atoms with van der Waals surface area (Å²) in [5, 5.41) is 15.2. The molecule has 0 unspecified atom stereocenters. The van der Waals surface area contributed by atoms with E-state index in [1.54, 1.807) is 30.3 Å². The van der Waals surface area contributed by atoms with Crippen molar-refractivity contribution in [2.45, 2.75) is 31.6 Å². The van der Waals surface area contributed by atoms with Crippen LogP contribution in [0.15, 0.2) is 66.3 Å². The number of hydrogen-bond acceptors (Lipinski definition) is 5. The first-order chi connectivity index (χ1) is 15.4. The van der Waals surface area contributed by atoms with Gasteiger partial charge in [-0.15, -0.1) is 16.8 Å². The summed E-state index contributed by atoms with van der Waals surface area (Å²) in [7, 11) is 0. The van der Waals surface area contributed by atoms with Crippen molar-refractivity contribution in [2.24, 2.45) is 0 Å². The van der Waals surface area contributed by atoms with Gasteiger partial charge in [0.2, 0.25) is 5.91 Å². The van der Waals surface area contributed by atoms with Gasteiger partial charge in [-0.05, 0) is 43.7 Å². The fourth-order valence-corrected chi connectivity index (χ4v) is 4.04. The Bertz CT molecular complexity index is 1130. The van der Waals surface area contributed by atoms with Crippen molar-refractivity contribution in [1.29, 1.82) is 0 Å². The van der Waals surface area contributed by atoms with E-state index in [0.717, 1.165) is 11.3 Å². The van der Waals surface area contributed by atoms with Gasteiger partial charge in [-0.25, -0.2) is 0 Å². The van der Waals surface area contributed by atoms with Gasteiger partial charge >= 0.3 is 0 Å². The summed E-state index contributed by atoms with van der Waals surface area (Å²) in [4.78, 5) is 25.0. The zero-order valence-corrected chi connectivity index (χ0v) is 19.4. The fourth-order valence-electron chi connectivity index (χ4n) is 3.06. The highest BCUT2D eigenvalue weighted by atomic mass is 35.5. The average molecular weight is 470 g/mol. The van der Waals surface area contributed by atoms with Crippen LogP contribution in [0, 0.1) is 6.92 Å². The Hall–Kier alpha value is -3.10. The van der Waals surface area contributed by atoms with Crippen LogP contribution in [0.5, 0.6) is 0 Å². The van der Waals surface area contributed by atoms with E-state index < -0.39 is 6.04 Å². The topological polar surface area (TPSA) is 88.9 Å². The molecule has 2 N–H and O–H groups in total. The van der Waals surface area contributed by atoms with Crippen molar-refractivity contribution in [3.63, 3.8) is 0 Å². The lowest BCUT2D eigenvalue weighted by molar-refractivity contribution is -0.113. The van der Waals surface area contributed by atoms with Crippen LogP contribution in [0.3, 0.4) is 0 Å². The quantitative estimate of drug-likeness (QED) is 0.352. The monoisotopic (exact) mass is 469 g/mol. The molecule has 0 aliphatic carbocycles. The summed E-state index contributed by atoms with van der Waals surface area (Å²) >= 11 is 7.39. The molecule has 0 aliphatic rings. The van der Waals surface area contributed by atoms with Crippen molar-refractivity contribution in [3.8, 4) is 0 Å². The molecule has 7 nitrogen and oxygen atoms in total. The summed E-state index contributed by atoms with van der Waals surface area (Å²) in [6, 6.07) is 14.0. The molecule has 1 heterocycles. The van der Waals surface area contributed by atoms with Crippen LogP contribution in [0.25, 0.3) is 0 Å². The van der Waals surface area contributed by atoms with Crippen molar-refractivity contribution in [1.82, 2.24) is 20.1 Å². The molecule has 0 radical (unpaired) electrons. The molecule has 0 aliphatic heterocycles. The van der Waals surface area contributed by atoms with E-state index in [1.165, 1.54) is 11.8 Å². The van der Waals surface area contributed by atoms with Crippen LogP contribution in [0.2, 0.25) is 5.02 Å². The van der Waals surface area contributed by atoms with Gasteiger partial charge in [0.05, 0.1) is 22.4 Å². The summed E-state index contributed by atoms with van der Waals surface area (Å²) in [5.41, 5.74) is 2.21. The van der Waals surface area contributed by atoms with Crippen molar-refractivity contribution in [3.05, 3.63) is 83.2 Å². The van der Waals surface area contributed by atoms with Gasteiger partial charge in [0.15, 0.2) is 11.0 Å². The molecule has 0 spiro atoms. The number of nitrogens with one attached hydrogen (secondary N) is 2. The second kappa shape index (κ2) is 11.0. The second-order valence-electron chi connectivity index (χ2n) is 7.12. The number of rotatable bonds is 9. The third-order valence-electron chi connectivity index (χ3n) is 4.54. The Balaban J connectivity index is 1.67. The molecule has 1 atom stereocenters. The van der Waals surface area contributed by atoms with Gasteiger partial charge in [-0.2, -0.15) is 0 Å². The Morgan fingerprint density at radius 1 is 1.22 bits per heavy atom. The van der Waals surface area contributed by atoms with E-state index in [1.807, 2.05) is 42.7 Å². The lowest BCUT2D eigenvalue weighted by Gasteiger charge is -2.15. The number of hydrogen-bond donors (Lipinski definition) is 2. The highest BCUT2D eigenvalue weighted by Gasteiger charge is 2.21. The Morgan fingerprint density at radius 2 is 2.00 bits per heavy atom. The van der Waals surface area contributed by atoms with Gasteiger partial charge in [0.25, 0.3) is 5.91 Å². The molecule has 2 amide bonds. The van der Waals surface area contributed by atoms with Crippen molar-refractivity contribution < 1.29 is 9.59 Å². The molecular weight excluding hydrogens is 446 g/mol. The number of allylic oxidation sites excluding steroid dienone is 1. The summed E-state index contributed by atoms with van der Waals surface area (Å²) in [5.74, 6) is 0.286. The highest BCUT2D eigenvalue weighted by Crippen LogP contribution is 2.22. The van der Waals surface area contributed by atoms with Crippen LogP contribution < -0.4 is 10.6 Å². The molecule has 3 rings (SSSR count). The van der Waals surface area contributed by atoms with E-state index in [9.17, 15) is 9.59 Å². The number of carbonyl (C=O) groups excluding carboxylic acids is 2. The van der Waals surface area contributed by atoms with Crippen molar-refractivity contribution >= 4 is 40.9 Å². The Morgan fingerprint density at radius 3 is 2.72 bits per heavy atom. The number of aryl methyl sites for hydroxylation is 1. The van der Waals surface area contributed by atoms with Gasteiger partial charge in [-0.3, -0.25) is 9.59 Å². The fraction of sp³-hybridized carbons (Fsp3) is 0.217. The van der Waals surface area contributed by atoms with Gasteiger partial charge in [0.1, 0.15) is 0 Å². The lowest BCUT2D eigenvalue weighted by Crippen LogP contribution is -2.29. The van der Waals surface area contributed by atoms with Crippen LogP contribution in [0.4, 0.5) is 5.69 Å². The predicted molar refractivity (Wildman–Crippen MR) is 128 cm³/mol. The molecule has 0 bridgehead atoms. The molecule has 0 fully saturated rings. The van der Waals surface area contributed by atoms with Gasteiger partial charge in [-0.1, -0.05) is 53.7 Å². The molecule has 1 aromatic heterocycles.